The van der Waals surface area contributed by atoms with Crippen LogP contribution >= 0.6 is 11.8 Å². The molecule has 0 spiro atoms. The van der Waals surface area contributed by atoms with Gasteiger partial charge in [0.25, 0.3) is 0 Å². The molecule has 1 rings (SSSR count). The highest BCUT2D eigenvalue weighted by molar-refractivity contribution is 7.99. The number of nitrogens with zero attached hydrogens (tertiary/aromatic N) is 1. The van der Waals surface area contributed by atoms with E-state index in [1.807, 2.05) is 19.1 Å². The normalized spacial score (nSPS) is 14.9. The van der Waals surface area contributed by atoms with E-state index in [1.165, 1.54) is 0 Å². The lowest BCUT2D eigenvalue weighted by atomic mass is 10.2. The zero-order valence-corrected chi connectivity index (χ0v) is 9.87. The maximum absolute atomic E-state index is 9.39. The van der Waals surface area contributed by atoms with Crippen LogP contribution in [0.5, 0.6) is 0 Å². The van der Waals surface area contributed by atoms with Gasteiger partial charge in [-0.3, -0.25) is 0 Å². The van der Waals surface area contributed by atoms with Crippen molar-refractivity contribution in [3.8, 4) is 0 Å². The molecule has 0 amide bonds. The van der Waals surface area contributed by atoms with Crippen LogP contribution in [0.25, 0.3) is 0 Å². The average molecular weight is 227 g/mol. The van der Waals surface area contributed by atoms with Gasteiger partial charge in [0, 0.05) is 18.6 Å². The van der Waals surface area contributed by atoms with E-state index in [9.17, 15) is 5.11 Å². The van der Waals surface area contributed by atoms with Crippen molar-refractivity contribution in [2.24, 2.45) is 5.92 Å². The van der Waals surface area contributed by atoms with Crippen molar-refractivity contribution in [2.45, 2.75) is 25.0 Å². The summed E-state index contributed by atoms with van der Waals surface area (Å²) in [6, 6.07) is 3.70. The molecule has 1 heterocycles. The fraction of sp³-hybridized carbons (Fsp3) is 0.545. The summed E-state index contributed by atoms with van der Waals surface area (Å²) in [5, 5.41) is 19.2. The van der Waals surface area contributed by atoms with Gasteiger partial charge in [-0.2, -0.15) is 0 Å². The molecule has 84 valence electrons. The molecule has 0 aliphatic heterocycles. The predicted molar refractivity (Wildman–Crippen MR) is 61.8 cm³/mol. The van der Waals surface area contributed by atoms with E-state index in [1.54, 1.807) is 24.9 Å². The number of thioether (sulfide) groups is 1. The van der Waals surface area contributed by atoms with Gasteiger partial charge in [-0.15, -0.1) is 11.8 Å². The minimum Gasteiger partial charge on any atom is -0.396 e. The molecule has 2 atom stereocenters. The van der Waals surface area contributed by atoms with Gasteiger partial charge in [0.05, 0.1) is 11.1 Å². The Morgan fingerprint density at radius 3 is 2.80 bits per heavy atom. The Kier molecular flexibility index (Phi) is 5.08. The van der Waals surface area contributed by atoms with Gasteiger partial charge in [0.1, 0.15) is 0 Å². The van der Waals surface area contributed by atoms with E-state index < -0.39 is 6.10 Å². The number of pyridine rings is 1. The predicted octanol–water partition coefficient (Wildman–Crippen LogP) is 1.86. The summed E-state index contributed by atoms with van der Waals surface area (Å²) in [7, 11) is 0. The molecule has 1 aromatic rings. The Labute approximate surface area is 94.6 Å². The molecular formula is C11H17NO2S. The van der Waals surface area contributed by atoms with Crippen LogP contribution in [0.4, 0.5) is 0 Å². The summed E-state index contributed by atoms with van der Waals surface area (Å²) in [5.41, 5.74) is 0.879. The number of aliphatic hydroxyl groups excluding tert-OH is 2. The van der Waals surface area contributed by atoms with Crippen LogP contribution in [-0.2, 0) is 0 Å². The molecule has 0 aliphatic carbocycles. The second-order valence-corrected chi connectivity index (χ2v) is 4.74. The third-order valence-corrected chi connectivity index (χ3v) is 3.32. The highest BCUT2D eigenvalue weighted by atomic mass is 32.2. The van der Waals surface area contributed by atoms with Crippen LogP contribution < -0.4 is 0 Å². The minimum atomic E-state index is -0.456. The van der Waals surface area contributed by atoms with Crippen LogP contribution in [0, 0.1) is 5.92 Å². The fourth-order valence-corrected chi connectivity index (χ4v) is 1.96. The zero-order chi connectivity index (χ0) is 11.3. The third kappa shape index (κ3) is 4.20. The summed E-state index contributed by atoms with van der Waals surface area (Å²) in [5.74, 6) is 1.11. The second-order valence-electron chi connectivity index (χ2n) is 3.70. The van der Waals surface area contributed by atoms with Gasteiger partial charge < -0.3 is 10.2 Å². The van der Waals surface area contributed by atoms with Crippen LogP contribution in [0.15, 0.2) is 23.4 Å². The molecule has 0 saturated heterocycles. The van der Waals surface area contributed by atoms with Gasteiger partial charge in [-0.05, 0) is 30.5 Å². The van der Waals surface area contributed by atoms with Crippen LogP contribution in [0.3, 0.4) is 0 Å². The summed E-state index contributed by atoms with van der Waals surface area (Å²) in [4.78, 5) is 4.20. The maximum Gasteiger partial charge on any atom is 0.0963 e. The van der Waals surface area contributed by atoms with Gasteiger partial charge in [-0.1, -0.05) is 6.92 Å². The molecule has 0 bridgehead atoms. The smallest absolute Gasteiger partial charge is 0.0963 e. The first-order valence-electron chi connectivity index (χ1n) is 5.01. The average Bonchev–Trinajstić information content (AvgIpc) is 2.26. The van der Waals surface area contributed by atoms with Crippen molar-refractivity contribution >= 4 is 11.8 Å². The highest BCUT2D eigenvalue weighted by Gasteiger charge is 2.05. The Morgan fingerprint density at radius 1 is 1.47 bits per heavy atom. The monoisotopic (exact) mass is 227 g/mol. The number of aliphatic hydroxyl groups is 2. The molecule has 15 heavy (non-hydrogen) atoms. The molecule has 1 unspecified atom stereocenters. The largest absolute Gasteiger partial charge is 0.396 e. The Balaban J connectivity index is 2.58. The molecule has 0 fully saturated rings. The maximum atomic E-state index is 9.39. The van der Waals surface area contributed by atoms with E-state index in [0.29, 0.717) is 0 Å². The molecule has 2 N–H and O–H groups in total. The van der Waals surface area contributed by atoms with Crippen LogP contribution in [0.1, 0.15) is 25.5 Å². The Bertz CT molecular complexity index is 304. The van der Waals surface area contributed by atoms with E-state index >= 15 is 0 Å². The second kappa shape index (κ2) is 6.10. The molecule has 0 saturated carbocycles. The first-order chi connectivity index (χ1) is 7.13. The van der Waals surface area contributed by atoms with Crippen molar-refractivity contribution < 1.29 is 10.2 Å². The highest BCUT2D eigenvalue weighted by Crippen LogP contribution is 2.21. The van der Waals surface area contributed by atoms with Gasteiger partial charge >= 0.3 is 0 Å². The lowest BCUT2D eigenvalue weighted by Crippen LogP contribution is -2.03. The SMILES string of the molecule is CC(CO)CSc1cc([C@H](C)O)ccn1. The van der Waals surface area contributed by atoms with Crippen molar-refractivity contribution in [1.29, 1.82) is 0 Å². The van der Waals surface area contributed by atoms with Gasteiger partial charge in [0.15, 0.2) is 0 Å². The molecule has 4 heteroatoms. The van der Waals surface area contributed by atoms with Crippen molar-refractivity contribution in [2.75, 3.05) is 12.4 Å². The summed E-state index contributed by atoms with van der Waals surface area (Å²) >= 11 is 1.60. The number of rotatable bonds is 5. The number of hydrogen-bond donors (Lipinski definition) is 2. The van der Waals surface area contributed by atoms with Crippen LogP contribution in [-0.4, -0.2) is 27.6 Å². The topological polar surface area (TPSA) is 53.4 Å². The van der Waals surface area contributed by atoms with Crippen LogP contribution in [0.2, 0.25) is 0 Å². The first-order valence-corrected chi connectivity index (χ1v) is 5.99. The van der Waals surface area contributed by atoms with E-state index in [-0.39, 0.29) is 12.5 Å². The standard InChI is InChI=1S/C11H17NO2S/c1-8(6-13)7-15-11-5-10(9(2)14)3-4-12-11/h3-5,8-9,13-14H,6-7H2,1-2H3/t8?,9-/m0/s1. The molecule has 3 nitrogen and oxygen atoms in total. The first kappa shape index (κ1) is 12.5. The molecule has 0 aliphatic rings. The van der Waals surface area contributed by atoms with Gasteiger partial charge in [-0.25, -0.2) is 4.98 Å². The quantitative estimate of drug-likeness (QED) is 0.754. The third-order valence-electron chi connectivity index (χ3n) is 2.07. The number of hydrogen-bond acceptors (Lipinski definition) is 4. The lowest BCUT2D eigenvalue weighted by Gasteiger charge is -2.08. The van der Waals surface area contributed by atoms with Gasteiger partial charge in [0.2, 0.25) is 0 Å². The minimum absolute atomic E-state index is 0.198. The lowest BCUT2D eigenvalue weighted by molar-refractivity contribution is 0.199. The molecule has 1 aromatic heterocycles. The van der Waals surface area contributed by atoms with Crippen molar-refractivity contribution in [3.63, 3.8) is 0 Å². The van der Waals surface area contributed by atoms with Crippen molar-refractivity contribution in [1.82, 2.24) is 4.98 Å². The summed E-state index contributed by atoms with van der Waals surface area (Å²) in [6.45, 7) is 3.93. The summed E-state index contributed by atoms with van der Waals surface area (Å²) < 4.78 is 0. The zero-order valence-electron chi connectivity index (χ0n) is 9.05. The molecule has 0 radical (unpaired) electrons. The molecular weight excluding hydrogens is 210 g/mol. The van der Waals surface area contributed by atoms with E-state index in [4.69, 9.17) is 5.11 Å². The van der Waals surface area contributed by atoms with E-state index in [2.05, 4.69) is 4.98 Å². The number of aromatic nitrogens is 1. The Morgan fingerprint density at radius 2 is 2.20 bits per heavy atom. The Hall–Kier alpha value is -0.580. The fourth-order valence-electron chi connectivity index (χ4n) is 1.04. The van der Waals surface area contributed by atoms with Crippen molar-refractivity contribution in [3.05, 3.63) is 23.9 Å². The molecule has 0 aromatic carbocycles. The van der Waals surface area contributed by atoms with E-state index in [0.717, 1.165) is 16.3 Å². The summed E-state index contributed by atoms with van der Waals surface area (Å²) in [6.07, 6.45) is 1.25.